The molecule has 0 aromatic heterocycles. The van der Waals surface area contributed by atoms with E-state index in [1.165, 1.54) is 24.3 Å². The van der Waals surface area contributed by atoms with Crippen LogP contribution >= 0.6 is 0 Å². The van der Waals surface area contributed by atoms with Crippen molar-refractivity contribution in [2.75, 3.05) is 0 Å². The molecule has 0 radical (unpaired) electrons. The van der Waals surface area contributed by atoms with Crippen LogP contribution in [0.1, 0.15) is 38.7 Å². The van der Waals surface area contributed by atoms with Crippen LogP contribution in [-0.2, 0) is 24.5 Å². The summed E-state index contributed by atoms with van der Waals surface area (Å²) >= 11 is -5.20. The van der Waals surface area contributed by atoms with E-state index in [2.05, 4.69) is 0 Å². The second-order valence-electron chi connectivity index (χ2n) is 9.93. The zero-order chi connectivity index (χ0) is 29.4. The first-order valence-electron chi connectivity index (χ1n) is 12.8. The van der Waals surface area contributed by atoms with E-state index in [1.807, 2.05) is 19.1 Å². The molecule has 0 unspecified atom stereocenters. The molecule has 1 aliphatic rings. The fraction of sp³-hybridized carbons (Fsp3) is 0.167. The number of Topliss-reactive ketones (excluding diaryl/α,β-unsaturated/α-hetero) is 1. The first-order chi connectivity index (χ1) is 19.4. The van der Waals surface area contributed by atoms with Gasteiger partial charge in [-0.25, -0.2) is 0 Å². The maximum absolute atomic E-state index is 14.1. The van der Waals surface area contributed by atoms with E-state index in [0.29, 0.717) is 11.3 Å². The van der Waals surface area contributed by atoms with Gasteiger partial charge in [-0.1, -0.05) is 0 Å². The minimum absolute atomic E-state index is 0.166. The van der Waals surface area contributed by atoms with E-state index in [-0.39, 0.29) is 15.4 Å². The van der Waals surface area contributed by atoms with Crippen LogP contribution in [0.15, 0.2) is 107 Å². The predicted octanol–water partition coefficient (Wildman–Crippen LogP) is 5.60. The summed E-state index contributed by atoms with van der Waals surface area (Å²) in [5, 5.41) is 0. The number of carbonyl (C=O) groups excluding carboxylic acids is 1. The molecule has 0 fully saturated rings. The number of carbonyl (C=O) groups is 1. The predicted molar refractivity (Wildman–Crippen MR) is 154 cm³/mol. The fourth-order valence-corrected chi connectivity index (χ4v) is 22.8. The van der Waals surface area contributed by atoms with Crippen LogP contribution in [0.2, 0.25) is 3.48 Å². The van der Waals surface area contributed by atoms with Crippen molar-refractivity contribution in [3.05, 3.63) is 125 Å². The van der Waals surface area contributed by atoms with Crippen LogP contribution in [0.5, 0.6) is 5.75 Å². The molecule has 4 aromatic rings. The molecule has 5 rings (SSSR count). The van der Waals surface area contributed by atoms with Crippen molar-refractivity contribution >= 4 is 49.6 Å². The Hall–Kier alpha value is -2.91. The second-order valence-corrected chi connectivity index (χ2v) is 23.2. The molecule has 0 bridgehead atoms. The van der Waals surface area contributed by atoms with Crippen LogP contribution in [0, 0.1) is 20.8 Å². The Morgan fingerprint density at radius 1 is 0.634 bits per heavy atom. The Kier molecular flexibility index (Phi) is 8.49. The average molecular weight is 784 g/mol. The van der Waals surface area contributed by atoms with E-state index in [9.17, 15) is 21.6 Å². The number of ether oxygens (including phenoxy) is 1. The summed E-state index contributed by atoms with van der Waals surface area (Å²) < 4.78 is 70.5. The van der Waals surface area contributed by atoms with E-state index >= 15 is 0 Å². The first-order valence-corrected chi connectivity index (χ1v) is 21.9. The summed E-state index contributed by atoms with van der Waals surface area (Å²) in [4.78, 5) is 13.7. The third-order valence-corrected chi connectivity index (χ3v) is 24.5. The molecule has 0 saturated heterocycles. The monoisotopic (exact) mass is 784 g/mol. The zero-order valence-electron chi connectivity index (χ0n) is 22.6. The number of rotatable bonds is 8. The van der Waals surface area contributed by atoms with E-state index < -0.39 is 59.2 Å². The number of benzene rings is 4. The molecule has 11 heteroatoms. The van der Waals surface area contributed by atoms with Crippen molar-refractivity contribution < 1.29 is 30.6 Å². The molecule has 0 aliphatic carbocycles. The van der Waals surface area contributed by atoms with Gasteiger partial charge < -0.3 is 0 Å². The number of ketones is 1. The van der Waals surface area contributed by atoms with Gasteiger partial charge in [0.15, 0.2) is 0 Å². The van der Waals surface area contributed by atoms with Gasteiger partial charge in [0.2, 0.25) is 0 Å². The summed E-state index contributed by atoms with van der Waals surface area (Å²) in [5.74, 6) is -0.170. The number of para-hydroxylation sites is 1. The number of hydrogen-bond acceptors (Lipinski definition) is 8. The molecule has 1 aliphatic heterocycles. The summed E-state index contributed by atoms with van der Waals surface area (Å²) in [7, 11) is -9.00. The van der Waals surface area contributed by atoms with Crippen LogP contribution in [0.25, 0.3) is 0 Å². The summed E-state index contributed by atoms with van der Waals surface area (Å²) in [6.45, 7) is 5.51. The van der Waals surface area contributed by atoms with Crippen LogP contribution in [-0.4, -0.2) is 46.2 Å². The van der Waals surface area contributed by atoms with Gasteiger partial charge in [-0.3, -0.25) is 0 Å². The molecule has 2 atom stereocenters. The van der Waals surface area contributed by atoms with Crippen molar-refractivity contribution in [3.63, 3.8) is 0 Å². The van der Waals surface area contributed by atoms with Gasteiger partial charge in [0.25, 0.3) is 0 Å². The summed E-state index contributed by atoms with van der Waals surface area (Å²) in [6.07, 6.45) is -1.02. The molecular weight excluding hydrogens is 757 g/mol. The molecule has 210 valence electrons. The Morgan fingerprint density at radius 3 is 1.56 bits per heavy atom. The SMILES string of the molecule is Cc1ccc([C@@H]2Oc3ccccc3C(=O)[C@H]2[Tl]([O]S(=O)(=O)c2ccc(C)cc2)[O]S(=O)(=O)c2ccc(C)cc2)cc1. The molecule has 41 heavy (non-hydrogen) atoms. The standard InChI is InChI=1S/C16H13O2.2C7H8O3S.Tl/c1-11-6-8-12(9-7-11)16-10-14(17)13-4-2-3-5-15(13)18-16;2*1-6-2-4-7(5-3-6)11(8,9)10;/h2-10,16H,1H3;2*2-5H,1H3,(H,8,9,10);/q;;;+2/p-2/t16-;;;/m1.../s1. The van der Waals surface area contributed by atoms with Gasteiger partial charge in [-0.05, 0) is 0 Å². The molecule has 1 heterocycles. The van der Waals surface area contributed by atoms with Gasteiger partial charge in [0.05, 0.1) is 0 Å². The molecule has 4 aromatic carbocycles. The normalized spacial score (nSPS) is 17.0. The number of aryl methyl sites for hydroxylation is 3. The van der Waals surface area contributed by atoms with Gasteiger partial charge in [-0.15, -0.1) is 0 Å². The van der Waals surface area contributed by atoms with Gasteiger partial charge >= 0.3 is 251 Å². The summed E-state index contributed by atoms with van der Waals surface area (Å²) in [5.41, 5.74) is 3.40. The third kappa shape index (κ3) is 6.46. The van der Waals surface area contributed by atoms with Crippen molar-refractivity contribution in [2.45, 2.75) is 40.1 Å². The van der Waals surface area contributed by atoms with Gasteiger partial charge in [0, 0.05) is 0 Å². The van der Waals surface area contributed by atoms with E-state index in [4.69, 9.17) is 9.00 Å². The van der Waals surface area contributed by atoms with Crippen molar-refractivity contribution in [3.8, 4) is 5.75 Å². The van der Waals surface area contributed by atoms with Crippen molar-refractivity contribution in [1.82, 2.24) is 0 Å². The summed E-state index contributed by atoms with van der Waals surface area (Å²) in [6, 6.07) is 25.7. The molecule has 0 amide bonds. The average Bonchev–Trinajstić information content (AvgIpc) is 2.93. The molecular formula is C30H27O8S2Tl. The fourth-order valence-electron chi connectivity index (χ4n) is 4.50. The van der Waals surface area contributed by atoms with Crippen LogP contribution in [0.4, 0.5) is 0 Å². The minimum atomic E-state index is -5.20. The number of hydrogen-bond donors (Lipinski definition) is 0. The Balaban J connectivity index is 1.64. The Morgan fingerprint density at radius 2 is 1.07 bits per heavy atom. The first kappa shape index (κ1) is 29.6. The topological polar surface area (TPSA) is 113 Å². The molecule has 8 nitrogen and oxygen atoms in total. The quantitative estimate of drug-likeness (QED) is 0.213. The molecule has 0 spiro atoms. The van der Waals surface area contributed by atoms with Crippen molar-refractivity contribution in [1.29, 1.82) is 0 Å². The van der Waals surface area contributed by atoms with Crippen LogP contribution < -0.4 is 4.74 Å². The third-order valence-electron chi connectivity index (χ3n) is 6.80. The zero-order valence-corrected chi connectivity index (χ0v) is 28.7. The Labute approximate surface area is 249 Å². The van der Waals surface area contributed by atoms with E-state index in [1.54, 1.807) is 74.5 Å². The Bertz CT molecular complexity index is 1710. The van der Waals surface area contributed by atoms with Gasteiger partial charge in [0.1, 0.15) is 0 Å². The van der Waals surface area contributed by atoms with Gasteiger partial charge in [-0.2, -0.15) is 0 Å². The van der Waals surface area contributed by atoms with Crippen LogP contribution in [0.3, 0.4) is 0 Å². The molecule has 0 N–H and O–H groups in total. The van der Waals surface area contributed by atoms with E-state index in [0.717, 1.165) is 16.7 Å². The van der Waals surface area contributed by atoms with Crippen molar-refractivity contribution in [2.24, 2.45) is 0 Å². The molecule has 0 saturated carbocycles. The maximum atomic E-state index is 14.1. The second kappa shape index (κ2) is 11.8. The number of fused-ring (bicyclic) bond motifs is 1.